The van der Waals surface area contributed by atoms with Gasteiger partial charge in [-0.1, -0.05) is 33.1 Å². The van der Waals surface area contributed by atoms with E-state index >= 15 is 0 Å². The Bertz CT molecular complexity index is 289. The molecule has 98 valence electrons. The number of rotatable bonds is 10. The second kappa shape index (κ2) is 9.57. The first-order chi connectivity index (χ1) is 8.36. The summed E-state index contributed by atoms with van der Waals surface area (Å²) in [5, 5.41) is 6.52. The second-order valence-electron chi connectivity index (χ2n) is 4.13. The molecule has 1 aromatic rings. The molecule has 0 aliphatic carbocycles. The number of ether oxygens (including phenoxy) is 1. The molecule has 0 spiro atoms. The van der Waals surface area contributed by atoms with Gasteiger partial charge in [0.05, 0.1) is 12.3 Å². The molecule has 3 nitrogen and oxygen atoms in total. The zero-order valence-corrected chi connectivity index (χ0v) is 11.8. The van der Waals surface area contributed by atoms with Gasteiger partial charge >= 0.3 is 0 Å². The molecule has 0 fully saturated rings. The van der Waals surface area contributed by atoms with E-state index in [1.165, 1.54) is 25.7 Å². The number of hydrogen-bond acceptors (Lipinski definition) is 4. The summed E-state index contributed by atoms with van der Waals surface area (Å²) in [5.41, 5.74) is 1.07. The number of hydrogen-bond donors (Lipinski definition) is 1. The van der Waals surface area contributed by atoms with Crippen molar-refractivity contribution < 1.29 is 4.74 Å². The number of unbranched alkanes of at least 4 members (excludes halogenated alkanes) is 3. The fourth-order valence-electron chi connectivity index (χ4n) is 1.54. The van der Waals surface area contributed by atoms with E-state index in [0.29, 0.717) is 6.61 Å². The summed E-state index contributed by atoms with van der Waals surface area (Å²) in [7, 11) is 0. The van der Waals surface area contributed by atoms with Gasteiger partial charge in [0.25, 0.3) is 0 Å². The van der Waals surface area contributed by atoms with Gasteiger partial charge in [0.1, 0.15) is 5.01 Å². The molecule has 1 rings (SSSR count). The number of thiazole rings is 1. The highest BCUT2D eigenvalue weighted by molar-refractivity contribution is 7.09. The molecule has 0 amide bonds. The quantitative estimate of drug-likeness (QED) is 0.652. The van der Waals surface area contributed by atoms with Crippen LogP contribution in [-0.2, 0) is 17.9 Å². The highest BCUT2D eigenvalue weighted by Crippen LogP contribution is 2.10. The van der Waals surface area contributed by atoms with Gasteiger partial charge in [-0.25, -0.2) is 4.98 Å². The summed E-state index contributed by atoms with van der Waals surface area (Å²) in [4.78, 5) is 4.51. The average molecular weight is 256 g/mol. The third kappa shape index (κ3) is 6.76. The Labute approximate surface area is 109 Å². The molecule has 0 atom stereocenters. The maximum absolute atomic E-state index is 5.61. The molecule has 0 aliphatic rings. The highest BCUT2D eigenvalue weighted by atomic mass is 32.1. The Morgan fingerprint density at radius 1 is 1.29 bits per heavy atom. The largest absolute Gasteiger partial charge is 0.375 e. The summed E-state index contributed by atoms with van der Waals surface area (Å²) >= 11 is 1.71. The van der Waals surface area contributed by atoms with Gasteiger partial charge in [-0.05, 0) is 13.0 Å². The average Bonchev–Trinajstić information content (AvgIpc) is 2.79. The summed E-state index contributed by atoms with van der Waals surface area (Å²) in [6, 6.07) is 0. The summed E-state index contributed by atoms with van der Waals surface area (Å²) in [6.45, 7) is 7.71. The maximum Gasteiger partial charge on any atom is 0.107 e. The van der Waals surface area contributed by atoms with Gasteiger partial charge in [-0.2, -0.15) is 0 Å². The van der Waals surface area contributed by atoms with Crippen molar-refractivity contribution >= 4 is 11.3 Å². The van der Waals surface area contributed by atoms with E-state index in [-0.39, 0.29) is 0 Å². The minimum absolute atomic E-state index is 0.661. The number of nitrogens with zero attached hydrogens (tertiary/aromatic N) is 1. The van der Waals surface area contributed by atoms with Crippen molar-refractivity contribution in [3.05, 3.63) is 16.1 Å². The molecular weight excluding hydrogens is 232 g/mol. The zero-order valence-electron chi connectivity index (χ0n) is 11.0. The highest BCUT2D eigenvalue weighted by Gasteiger charge is 2.01. The SMILES string of the molecule is CCCCCCOCc1csc(CNCC)n1. The Morgan fingerprint density at radius 2 is 2.18 bits per heavy atom. The van der Waals surface area contributed by atoms with Gasteiger partial charge in [-0.15, -0.1) is 11.3 Å². The van der Waals surface area contributed by atoms with Crippen LogP contribution in [0.1, 0.15) is 50.2 Å². The van der Waals surface area contributed by atoms with Gasteiger partial charge < -0.3 is 10.1 Å². The third-order valence-corrected chi connectivity index (χ3v) is 3.42. The van der Waals surface area contributed by atoms with Crippen LogP contribution >= 0.6 is 11.3 Å². The molecule has 0 radical (unpaired) electrons. The minimum Gasteiger partial charge on any atom is -0.375 e. The first-order valence-electron chi connectivity index (χ1n) is 6.58. The van der Waals surface area contributed by atoms with E-state index in [9.17, 15) is 0 Å². The number of nitrogens with one attached hydrogen (secondary N) is 1. The van der Waals surface area contributed by atoms with Crippen LogP contribution in [0.4, 0.5) is 0 Å². The normalized spacial score (nSPS) is 10.9. The molecule has 17 heavy (non-hydrogen) atoms. The maximum atomic E-state index is 5.61. The number of aromatic nitrogens is 1. The van der Waals surface area contributed by atoms with Crippen molar-refractivity contribution in [1.29, 1.82) is 0 Å². The fraction of sp³-hybridized carbons (Fsp3) is 0.769. The van der Waals surface area contributed by atoms with Crippen molar-refractivity contribution in [3.63, 3.8) is 0 Å². The molecule has 4 heteroatoms. The lowest BCUT2D eigenvalue weighted by Crippen LogP contribution is -2.11. The van der Waals surface area contributed by atoms with Crippen LogP contribution in [0, 0.1) is 0 Å². The molecule has 0 aromatic carbocycles. The molecule has 0 aliphatic heterocycles. The first kappa shape index (κ1) is 14.6. The van der Waals surface area contributed by atoms with Crippen LogP contribution in [0.5, 0.6) is 0 Å². The fourth-order valence-corrected chi connectivity index (χ4v) is 2.28. The van der Waals surface area contributed by atoms with Crippen LogP contribution in [0.15, 0.2) is 5.38 Å². The molecule has 1 heterocycles. The van der Waals surface area contributed by atoms with Crippen molar-refractivity contribution in [2.75, 3.05) is 13.2 Å². The van der Waals surface area contributed by atoms with Crippen molar-refractivity contribution in [2.45, 2.75) is 52.7 Å². The van der Waals surface area contributed by atoms with E-state index in [1.807, 2.05) is 0 Å². The van der Waals surface area contributed by atoms with Crippen LogP contribution in [-0.4, -0.2) is 18.1 Å². The molecular formula is C13H24N2OS. The second-order valence-corrected chi connectivity index (χ2v) is 5.07. The minimum atomic E-state index is 0.661. The standard InChI is InChI=1S/C13H24N2OS/c1-3-5-6-7-8-16-10-12-11-17-13(15-12)9-14-4-2/h11,14H,3-10H2,1-2H3. The Balaban J connectivity index is 2.08. The molecule has 0 saturated carbocycles. The predicted octanol–water partition coefficient (Wildman–Crippen LogP) is 3.35. The van der Waals surface area contributed by atoms with Gasteiger partial charge in [0.2, 0.25) is 0 Å². The van der Waals surface area contributed by atoms with Gasteiger partial charge in [-0.3, -0.25) is 0 Å². The third-order valence-electron chi connectivity index (χ3n) is 2.52. The lowest BCUT2D eigenvalue weighted by molar-refractivity contribution is 0.114. The lowest BCUT2D eigenvalue weighted by atomic mass is 10.2. The van der Waals surface area contributed by atoms with E-state index < -0.39 is 0 Å². The smallest absolute Gasteiger partial charge is 0.107 e. The Kier molecular flexibility index (Phi) is 8.22. The zero-order chi connectivity index (χ0) is 12.3. The summed E-state index contributed by atoms with van der Waals surface area (Å²) in [5.74, 6) is 0. The van der Waals surface area contributed by atoms with Crippen molar-refractivity contribution in [3.8, 4) is 0 Å². The van der Waals surface area contributed by atoms with E-state index in [2.05, 4.69) is 29.5 Å². The van der Waals surface area contributed by atoms with E-state index in [1.54, 1.807) is 11.3 Å². The Hall–Kier alpha value is -0.450. The molecule has 1 aromatic heterocycles. The van der Waals surface area contributed by atoms with Crippen LogP contribution in [0.2, 0.25) is 0 Å². The predicted molar refractivity (Wildman–Crippen MR) is 73.3 cm³/mol. The summed E-state index contributed by atoms with van der Waals surface area (Å²) < 4.78 is 5.61. The molecule has 0 saturated heterocycles. The summed E-state index contributed by atoms with van der Waals surface area (Å²) in [6.07, 6.45) is 5.04. The van der Waals surface area contributed by atoms with Gasteiger partial charge in [0, 0.05) is 18.5 Å². The monoisotopic (exact) mass is 256 g/mol. The van der Waals surface area contributed by atoms with Crippen molar-refractivity contribution in [1.82, 2.24) is 10.3 Å². The topological polar surface area (TPSA) is 34.1 Å². The lowest BCUT2D eigenvalue weighted by Gasteiger charge is -2.01. The molecule has 1 N–H and O–H groups in total. The van der Waals surface area contributed by atoms with Crippen LogP contribution < -0.4 is 5.32 Å². The molecule has 0 bridgehead atoms. The first-order valence-corrected chi connectivity index (χ1v) is 7.46. The van der Waals surface area contributed by atoms with E-state index in [0.717, 1.165) is 30.4 Å². The molecule has 0 unspecified atom stereocenters. The van der Waals surface area contributed by atoms with Crippen LogP contribution in [0.3, 0.4) is 0 Å². The van der Waals surface area contributed by atoms with Crippen LogP contribution in [0.25, 0.3) is 0 Å². The Morgan fingerprint density at radius 3 is 2.94 bits per heavy atom. The van der Waals surface area contributed by atoms with E-state index in [4.69, 9.17) is 4.74 Å². The van der Waals surface area contributed by atoms with Gasteiger partial charge in [0.15, 0.2) is 0 Å². The van der Waals surface area contributed by atoms with Crippen molar-refractivity contribution in [2.24, 2.45) is 0 Å².